The Balaban J connectivity index is 2.81. The molecule has 0 saturated heterocycles. The van der Waals surface area contributed by atoms with Gasteiger partial charge in [0.15, 0.2) is 0 Å². The van der Waals surface area contributed by atoms with E-state index in [1.54, 1.807) is 0 Å². The molecule has 1 aromatic carbocycles. The van der Waals surface area contributed by atoms with Crippen molar-refractivity contribution in [1.82, 2.24) is 0 Å². The van der Waals surface area contributed by atoms with E-state index in [-0.39, 0.29) is 12.3 Å². The van der Waals surface area contributed by atoms with Crippen LogP contribution in [0, 0.1) is 0 Å². The largest absolute Gasteiger partial charge is 0.448 e. The molecule has 1 rings (SSSR count). The molecule has 0 aliphatic heterocycles. The number of alkyl halides is 4. The molecule has 0 unspecified atom stereocenters. The van der Waals surface area contributed by atoms with E-state index in [2.05, 4.69) is 20.7 Å². The standard InChI is InChI=1S/C10H9BrF3NO2/c11-5-6-17-9(16)15-8-4-2-1-3-7(8)10(12,13)14/h1-4H,5-6H2,(H,15,16). The van der Waals surface area contributed by atoms with Crippen LogP contribution in [0.5, 0.6) is 0 Å². The molecule has 0 aromatic heterocycles. The molecule has 0 aliphatic carbocycles. The lowest BCUT2D eigenvalue weighted by molar-refractivity contribution is -0.136. The zero-order valence-corrected chi connectivity index (χ0v) is 10.1. The molecule has 3 nitrogen and oxygen atoms in total. The number of rotatable bonds is 3. The first kappa shape index (κ1) is 13.8. The minimum Gasteiger partial charge on any atom is -0.448 e. The number of ether oxygens (including phenoxy) is 1. The molecule has 7 heteroatoms. The van der Waals surface area contributed by atoms with E-state index in [0.29, 0.717) is 5.33 Å². The van der Waals surface area contributed by atoms with Crippen LogP contribution in [0.1, 0.15) is 5.56 Å². The van der Waals surface area contributed by atoms with E-state index >= 15 is 0 Å². The first-order valence-electron chi connectivity index (χ1n) is 4.61. The molecule has 0 aliphatic rings. The maximum absolute atomic E-state index is 12.6. The van der Waals surface area contributed by atoms with E-state index in [1.165, 1.54) is 12.1 Å². The Hall–Kier alpha value is -1.24. The highest BCUT2D eigenvalue weighted by atomic mass is 79.9. The molecule has 0 atom stereocenters. The lowest BCUT2D eigenvalue weighted by Gasteiger charge is -2.13. The number of halogens is 4. The first-order valence-corrected chi connectivity index (χ1v) is 5.73. The Morgan fingerprint density at radius 2 is 2.00 bits per heavy atom. The van der Waals surface area contributed by atoms with Crippen LogP contribution in [0.15, 0.2) is 24.3 Å². The Labute approximate surface area is 104 Å². The van der Waals surface area contributed by atoms with Gasteiger partial charge in [0.2, 0.25) is 0 Å². The smallest absolute Gasteiger partial charge is 0.418 e. The summed E-state index contributed by atoms with van der Waals surface area (Å²) in [6.07, 6.45) is -5.43. The van der Waals surface area contributed by atoms with Crippen molar-refractivity contribution in [2.45, 2.75) is 6.18 Å². The summed E-state index contributed by atoms with van der Waals surface area (Å²) in [6, 6.07) is 4.70. The third-order valence-corrected chi connectivity index (χ3v) is 2.10. The minimum atomic E-state index is -4.51. The second-order valence-electron chi connectivity index (χ2n) is 2.99. The fourth-order valence-electron chi connectivity index (χ4n) is 1.12. The third-order valence-electron chi connectivity index (χ3n) is 1.78. The van der Waals surface area contributed by atoms with Crippen LogP contribution in [0.3, 0.4) is 0 Å². The van der Waals surface area contributed by atoms with Gasteiger partial charge in [0, 0.05) is 5.33 Å². The SMILES string of the molecule is O=C(Nc1ccccc1C(F)(F)F)OCCBr. The molecule has 0 bridgehead atoms. The summed E-state index contributed by atoms with van der Waals surface area (Å²) in [6.45, 7) is 0.0834. The van der Waals surface area contributed by atoms with Gasteiger partial charge in [0.1, 0.15) is 6.61 Å². The number of nitrogens with one attached hydrogen (secondary N) is 1. The number of amides is 1. The molecule has 0 fully saturated rings. The number of hydrogen-bond acceptors (Lipinski definition) is 2. The van der Waals surface area contributed by atoms with Gasteiger partial charge in [-0.15, -0.1) is 0 Å². The Bertz CT molecular complexity index is 395. The maximum atomic E-state index is 12.6. The molecular formula is C10H9BrF3NO2. The van der Waals surface area contributed by atoms with Crippen LogP contribution in [0.4, 0.5) is 23.7 Å². The van der Waals surface area contributed by atoms with Crippen molar-refractivity contribution in [2.75, 3.05) is 17.3 Å². The predicted octanol–water partition coefficient (Wildman–Crippen LogP) is 3.65. The van der Waals surface area contributed by atoms with Crippen LogP contribution in [0.2, 0.25) is 0 Å². The molecule has 0 spiro atoms. The van der Waals surface area contributed by atoms with Crippen molar-refractivity contribution in [3.05, 3.63) is 29.8 Å². The normalized spacial score (nSPS) is 11.1. The van der Waals surface area contributed by atoms with Gasteiger partial charge in [-0.25, -0.2) is 4.79 Å². The van der Waals surface area contributed by atoms with E-state index in [0.717, 1.165) is 12.1 Å². The van der Waals surface area contributed by atoms with Gasteiger partial charge in [-0.1, -0.05) is 28.1 Å². The monoisotopic (exact) mass is 311 g/mol. The van der Waals surface area contributed by atoms with E-state index < -0.39 is 17.8 Å². The summed E-state index contributed by atoms with van der Waals surface area (Å²) < 4.78 is 42.3. The van der Waals surface area contributed by atoms with Gasteiger partial charge >= 0.3 is 12.3 Å². The van der Waals surface area contributed by atoms with Gasteiger partial charge in [0.25, 0.3) is 0 Å². The maximum Gasteiger partial charge on any atom is 0.418 e. The van der Waals surface area contributed by atoms with E-state index in [1.807, 2.05) is 5.32 Å². The fraction of sp³-hybridized carbons (Fsp3) is 0.300. The zero-order chi connectivity index (χ0) is 12.9. The average Bonchev–Trinajstić information content (AvgIpc) is 2.25. The molecule has 0 radical (unpaired) electrons. The number of carbonyl (C=O) groups is 1. The number of para-hydroxylation sites is 1. The van der Waals surface area contributed by atoms with Crippen molar-refractivity contribution in [3.8, 4) is 0 Å². The quantitative estimate of drug-likeness (QED) is 0.865. The predicted molar refractivity (Wildman–Crippen MR) is 60.2 cm³/mol. The van der Waals surface area contributed by atoms with Gasteiger partial charge < -0.3 is 4.74 Å². The Morgan fingerprint density at radius 1 is 1.35 bits per heavy atom. The Kier molecular flexibility index (Phi) is 4.80. The third kappa shape index (κ3) is 4.26. The van der Waals surface area contributed by atoms with Gasteiger partial charge in [-0.3, -0.25) is 5.32 Å². The van der Waals surface area contributed by atoms with Crippen molar-refractivity contribution in [2.24, 2.45) is 0 Å². The summed E-state index contributed by atoms with van der Waals surface area (Å²) in [7, 11) is 0. The molecule has 0 heterocycles. The van der Waals surface area contributed by atoms with Crippen LogP contribution in [0.25, 0.3) is 0 Å². The van der Waals surface area contributed by atoms with E-state index in [4.69, 9.17) is 0 Å². The van der Waals surface area contributed by atoms with Crippen LogP contribution in [-0.4, -0.2) is 18.0 Å². The topological polar surface area (TPSA) is 38.3 Å². The lowest BCUT2D eigenvalue weighted by Crippen LogP contribution is -2.18. The number of carbonyl (C=O) groups excluding carboxylic acids is 1. The van der Waals surface area contributed by atoms with Crippen LogP contribution < -0.4 is 5.32 Å². The molecule has 17 heavy (non-hydrogen) atoms. The van der Waals surface area contributed by atoms with Crippen molar-refractivity contribution in [1.29, 1.82) is 0 Å². The molecule has 1 N–H and O–H groups in total. The molecule has 1 amide bonds. The minimum absolute atomic E-state index is 0.0834. The second kappa shape index (κ2) is 5.90. The van der Waals surface area contributed by atoms with Crippen LogP contribution >= 0.6 is 15.9 Å². The Morgan fingerprint density at radius 3 is 2.59 bits per heavy atom. The highest BCUT2D eigenvalue weighted by Gasteiger charge is 2.33. The number of anilines is 1. The molecule has 94 valence electrons. The van der Waals surface area contributed by atoms with Crippen molar-refractivity contribution >= 4 is 27.7 Å². The summed E-state index contributed by atoms with van der Waals surface area (Å²) >= 11 is 3.02. The van der Waals surface area contributed by atoms with E-state index in [9.17, 15) is 18.0 Å². The summed E-state index contributed by atoms with van der Waals surface area (Å²) in [4.78, 5) is 11.1. The zero-order valence-electron chi connectivity index (χ0n) is 8.55. The van der Waals surface area contributed by atoms with Gasteiger partial charge in [0.05, 0.1) is 11.3 Å². The molecule has 0 saturated carbocycles. The van der Waals surface area contributed by atoms with Gasteiger partial charge in [-0.2, -0.15) is 13.2 Å². The first-order chi connectivity index (χ1) is 7.95. The van der Waals surface area contributed by atoms with Crippen molar-refractivity contribution in [3.63, 3.8) is 0 Å². The highest BCUT2D eigenvalue weighted by molar-refractivity contribution is 9.09. The van der Waals surface area contributed by atoms with Crippen LogP contribution in [-0.2, 0) is 10.9 Å². The average molecular weight is 312 g/mol. The molecular weight excluding hydrogens is 303 g/mol. The summed E-state index contributed by atoms with van der Waals surface area (Å²) in [5.74, 6) is 0. The summed E-state index contributed by atoms with van der Waals surface area (Å²) in [5, 5.41) is 2.47. The lowest BCUT2D eigenvalue weighted by atomic mass is 10.2. The molecule has 1 aromatic rings. The number of benzene rings is 1. The highest BCUT2D eigenvalue weighted by Crippen LogP contribution is 2.34. The fourth-order valence-corrected chi connectivity index (χ4v) is 1.28. The van der Waals surface area contributed by atoms with Gasteiger partial charge in [-0.05, 0) is 12.1 Å². The number of hydrogen-bond donors (Lipinski definition) is 1. The second-order valence-corrected chi connectivity index (χ2v) is 3.79. The van der Waals surface area contributed by atoms with Crippen molar-refractivity contribution < 1.29 is 22.7 Å². The summed E-state index contributed by atoms with van der Waals surface area (Å²) in [5.41, 5.74) is -1.23.